The minimum Gasteiger partial charge on any atom is -0.390 e. The van der Waals surface area contributed by atoms with Gasteiger partial charge < -0.3 is 19.1 Å². The zero-order valence-electron chi connectivity index (χ0n) is 13.8. The summed E-state index contributed by atoms with van der Waals surface area (Å²) in [5.74, 6) is 0.323. The van der Waals surface area contributed by atoms with E-state index >= 15 is 0 Å². The highest BCUT2D eigenvalue weighted by atomic mass is 31.2. The van der Waals surface area contributed by atoms with Gasteiger partial charge in [-0.3, -0.25) is 9.09 Å². The van der Waals surface area contributed by atoms with Crippen LogP contribution in [-0.2, 0) is 23.1 Å². The molecule has 0 amide bonds. The largest absolute Gasteiger partial charge is 0.390 e. The number of hydrogen-bond acceptors (Lipinski definition) is 6. The first kappa shape index (κ1) is 19.1. The van der Waals surface area contributed by atoms with Crippen LogP contribution in [0.5, 0.6) is 0 Å². The van der Waals surface area contributed by atoms with Crippen molar-refractivity contribution in [2.45, 2.75) is 71.7 Å². The normalized spacial score (nSPS) is 33.4. The minimum absolute atomic E-state index is 0.140. The van der Waals surface area contributed by atoms with Crippen molar-refractivity contribution in [2.24, 2.45) is 5.92 Å². The van der Waals surface area contributed by atoms with Crippen molar-refractivity contribution in [3.8, 4) is 0 Å². The summed E-state index contributed by atoms with van der Waals surface area (Å²) in [6, 6.07) is 0. The van der Waals surface area contributed by atoms with Crippen molar-refractivity contribution in [3.63, 3.8) is 0 Å². The maximum absolute atomic E-state index is 12.3. The summed E-state index contributed by atoms with van der Waals surface area (Å²) in [5, 5.41) is 10.2. The predicted molar refractivity (Wildman–Crippen MR) is 80.4 cm³/mol. The summed E-state index contributed by atoms with van der Waals surface area (Å²) in [7, 11) is -3.28. The Morgan fingerprint density at radius 2 is 1.95 bits per heavy atom. The molecule has 1 aliphatic rings. The van der Waals surface area contributed by atoms with E-state index in [-0.39, 0.29) is 12.2 Å². The Kier molecular flexibility index (Phi) is 7.31. The van der Waals surface area contributed by atoms with Gasteiger partial charge in [0.05, 0.1) is 24.9 Å². The van der Waals surface area contributed by atoms with Gasteiger partial charge in [-0.25, -0.2) is 0 Å². The first-order chi connectivity index (χ1) is 9.60. The number of ether oxygens (including phenoxy) is 2. The quantitative estimate of drug-likeness (QED) is 0.726. The van der Waals surface area contributed by atoms with Gasteiger partial charge in [0, 0.05) is 13.1 Å². The maximum atomic E-state index is 12.3. The van der Waals surface area contributed by atoms with Gasteiger partial charge in [-0.2, -0.15) is 0 Å². The molecule has 21 heavy (non-hydrogen) atoms. The predicted octanol–water partition coefficient (Wildman–Crippen LogP) is 2.79. The molecule has 6 nitrogen and oxygen atoms in total. The molecule has 0 aromatic carbocycles. The van der Waals surface area contributed by atoms with E-state index in [1.165, 1.54) is 6.66 Å². The third-order valence-electron chi connectivity index (χ3n) is 2.90. The summed E-state index contributed by atoms with van der Waals surface area (Å²) >= 11 is 0. The van der Waals surface area contributed by atoms with Gasteiger partial charge in [0.2, 0.25) is 0 Å². The molecule has 1 N–H and O–H groups in total. The molecule has 0 radical (unpaired) electrons. The molecule has 0 bridgehead atoms. The average molecular weight is 324 g/mol. The third-order valence-corrected chi connectivity index (χ3v) is 4.33. The molecule has 5 atom stereocenters. The first-order valence-electron chi connectivity index (χ1n) is 7.50. The second-order valence-electron chi connectivity index (χ2n) is 6.34. The summed E-state index contributed by atoms with van der Waals surface area (Å²) in [6.07, 6.45) is -2.30. The van der Waals surface area contributed by atoms with Crippen molar-refractivity contribution in [1.29, 1.82) is 0 Å². The maximum Gasteiger partial charge on any atom is 0.328 e. The number of aliphatic hydroxyl groups is 1. The lowest BCUT2D eigenvalue weighted by Gasteiger charge is -2.39. The summed E-state index contributed by atoms with van der Waals surface area (Å²) in [5.41, 5.74) is 0. The van der Waals surface area contributed by atoms with Crippen molar-refractivity contribution in [1.82, 2.24) is 0 Å². The molecule has 1 fully saturated rings. The summed E-state index contributed by atoms with van der Waals surface area (Å²) < 4.78 is 34.5. The van der Waals surface area contributed by atoms with Crippen molar-refractivity contribution < 1.29 is 28.2 Å². The zero-order chi connectivity index (χ0) is 16.2. The Morgan fingerprint density at radius 1 is 1.33 bits per heavy atom. The van der Waals surface area contributed by atoms with Gasteiger partial charge in [-0.15, -0.1) is 0 Å². The second-order valence-corrected chi connectivity index (χ2v) is 8.31. The standard InChI is InChI=1S/C14H29O6P/c1-9(2)8-17-14-13(12(15)7-11(5)18-14)20-21(6,16)19-10(3)4/h9-15H,7-8H2,1-6H3. The lowest BCUT2D eigenvalue weighted by atomic mass is 10.0. The molecule has 7 heteroatoms. The minimum atomic E-state index is -3.28. The van der Waals surface area contributed by atoms with Crippen LogP contribution in [0.2, 0.25) is 0 Å². The van der Waals surface area contributed by atoms with Gasteiger partial charge in [-0.1, -0.05) is 13.8 Å². The van der Waals surface area contributed by atoms with Crippen LogP contribution in [0.15, 0.2) is 0 Å². The van der Waals surface area contributed by atoms with E-state index in [1.54, 1.807) is 13.8 Å². The molecule has 1 aliphatic heterocycles. The van der Waals surface area contributed by atoms with Crippen LogP contribution in [0.1, 0.15) is 41.0 Å². The molecule has 126 valence electrons. The van der Waals surface area contributed by atoms with Gasteiger partial charge in [-0.05, 0) is 26.7 Å². The lowest BCUT2D eigenvalue weighted by Crippen LogP contribution is -2.50. The van der Waals surface area contributed by atoms with E-state index in [0.717, 1.165) is 0 Å². The highest BCUT2D eigenvalue weighted by Crippen LogP contribution is 2.48. The van der Waals surface area contributed by atoms with Crippen LogP contribution < -0.4 is 0 Å². The van der Waals surface area contributed by atoms with E-state index in [4.69, 9.17) is 18.5 Å². The fourth-order valence-corrected chi connectivity index (χ4v) is 3.69. The lowest BCUT2D eigenvalue weighted by molar-refractivity contribution is -0.260. The highest BCUT2D eigenvalue weighted by molar-refractivity contribution is 7.53. The number of aliphatic hydroxyl groups excluding tert-OH is 1. The highest BCUT2D eigenvalue weighted by Gasteiger charge is 2.41. The zero-order valence-corrected chi connectivity index (χ0v) is 14.7. The van der Waals surface area contributed by atoms with E-state index in [2.05, 4.69) is 0 Å². The Labute approximate surface area is 127 Å². The molecular weight excluding hydrogens is 295 g/mol. The summed E-state index contributed by atoms with van der Waals surface area (Å²) in [6.45, 7) is 11.3. The van der Waals surface area contributed by atoms with Crippen LogP contribution in [0.4, 0.5) is 0 Å². The molecule has 0 aromatic heterocycles. The van der Waals surface area contributed by atoms with Crippen LogP contribution in [-0.4, -0.2) is 49.1 Å². The monoisotopic (exact) mass is 324 g/mol. The second kappa shape index (κ2) is 8.04. The third kappa shape index (κ3) is 6.76. The Hall–Kier alpha value is 0.0300. The van der Waals surface area contributed by atoms with Crippen molar-refractivity contribution in [2.75, 3.05) is 13.3 Å². The topological polar surface area (TPSA) is 74.2 Å². The molecule has 0 spiro atoms. The van der Waals surface area contributed by atoms with Crippen LogP contribution in [0.3, 0.4) is 0 Å². The number of rotatable bonds is 7. The van der Waals surface area contributed by atoms with Gasteiger partial charge in [0.25, 0.3) is 0 Å². The average Bonchev–Trinajstić information content (AvgIpc) is 2.28. The Balaban J connectivity index is 2.74. The molecular formula is C14H29O6P. The smallest absolute Gasteiger partial charge is 0.328 e. The van der Waals surface area contributed by atoms with Gasteiger partial charge >= 0.3 is 7.60 Å². The number of hydrogen-bond donors (Lipinski definition) is 1. The molecule has 1 saturated heterocycles. The molecule has 1 heterocycles. The van der Waals surface area contributed by atoms with E-state index < -0.39 is 26.1 Å². The van der Waals surface area contributed by atoms with Gasteiger partial charge in [0.1, 0.15) is 6.10 Å². The Morgan fingerprint density at radius 3 is 2.48 bits per heavy atom. The fraction of sp³-hybridized carbons (Fsp3) is 1.00. The summed E-state index contributed by atoms with van der Waals surface area (Å²) in [4.78, 5) is 0. The molecule has 0 saturated carbocycles. The molecule has 5 unspecified atom stereocenters. The van der Waals surface area contributed by atoms with Crippen LogP contribution >= 0.6 is 7.60 Å². The molecule has 0 aliphatic carbocycles. The van der Waals surface area contributed by atoms with E-state index in [9.17, 15) is 9.67 Å². The van der Waals surface area contributed by atoms with E-state index in [1.807, 2.05) is 20.8 Å². The fourth-order valence-electron chi connectivity index (χ4n) is 2.19. The van der Waals surface area contributed by atoms with Crippen molar-refractivity contribution >= 4 is 7.60 Å². The Bertz CT molecular complexity index is 359. The molecule has 0 aromatic rings. The van der Waals surface area contributed by atoms with Gasteiger partial charge in [0.15, 0.2) is 6.29 Å². The van der Waals surface area contributed by atoms with E-state index in [0.29, 0.717) is 18.9 Å². The molecule has 1 rings (SSSR count). The SMILES string of the molecule is CC(C)COC1OC(C)CC(O)C1OP(C)(=O)OC(C)C. The van der Waals surface area contributed by atoms with Crippen molar-refractivity contribution in [3.05, 3.63) is 0 Å². The first-order valence-corrected chi connectivity index (χ1v) is 9.49. The van der Waals surface area contributed by atoms with Crippen LogP contribution in [0.25, 0.3) is 0 Å². The van der Waals surface area contributed by atoms with Crippen LogP contribution in [0, 0.1) is 5.92 Å².